The highest BCUT2D eigenvalue weighted by Gasteiger charge is 2.31. The SMILES string of the molecule is CN1CCCC(CN)C1c1cc(Br)c(Cl)s1. The molecule has 16 heavy (non-hydrogen) atoms. The van der Waals surface area contributed by atoms with E-state index in [-0.39, 0.29) is 0 Å². The summed E-state index contributed by atoms with van der Waals surface area (Å²) < 4.78 is 1.84. The van der Waals surface area contributed by atoms with Gasteiger partial charge in [-0.3, -0.25) is 4.90 Å². The lowest BCUT2D eigenvalue weighted by Gasteiger charge is -2.38. The van der Waals surface area contributed by atoms with E-state index in [9.17, 15) is 0 Å². The molecule has 2 atom stereocenters. The van der Waals surface area contributed by atoms with E-state index in [0.29, 0.717) is 12.0 Å². The number of rotatable bonds is 2. The molecule has 0 aliphatic carbocycles. The number of piperidine rings is 1. The van der Waals surface area contributed by atoms with Crippen molar-refractivity contribution in [2.24, 2.45) is 11.7 Å². The highest BCUT2D eigenvalue weighted by molar-refractivity contribution is 9.10. The van der Waals surface area contributed by atoms with Crippen molar-refractivity contribution >= 4 is 38.9 Å². The van der Waals surface area contributed by atoms with E-state index < -0.39 is 0 Å². The number of halogens is 2. The van der Waals surface area contributed by atoms with Crippen LogP contribution in [0.25, 0.3) is 0 Å². The summed E-state index contributed by atoms with van der Waals surface area (Å²) in [6.07, 6.45) is 2.47. The van der Waals surface area contributed by atoms with E-state index in [2.05, 4.69) is 33.9 Å². The molecular formula is C11H16BrClN2S. The zero-order chi connectivity index (χ0) is 11.7. The van der Waals surface area contributed by atoms with E-state index in [1.54, 1.807) is 11.3 Å². The Morgan fingerprint density at radius 3 is 3.00 bits per heavy atom. The Hall–Kier alpha value is 0.390. The molecule has 1 aromatic heterocycles. The van der Waals surface area contributed by atoms with Crippen LogP contribution in [0.2, 0.25) is 4.34 Å². The summed E-state index contributed by atoms with van der Waals surface area (Å²) >= 11 is 11.2. The zero-order valence-electron chi connectivity index (χ0n) is 9.25. The topological polar surface area (TPSA) is 29.3 Å². The van der Waals surface area contributed by atoms with Gasteiger partial charge in [0.1, 0.15) is 4.34 Å². The van der Waals surface area contributed by atoms with Crippen LogP contribution in [-0.2, 0) is 0 Å². The van der Waals surface area contributed by atoms with Crippen LogP contribution in [-0.4, -0.2) is 25.0 Å². The molecule has 1 saturated heterocycles. The second kappa shape index (κ2) is 5.36. The molecule has 0 spiro atoms. The molecule has 2 rings (SSSR count). The largest absolute Gasteiger partial charge is 0.330 e. The van der Waals surface area contributed by atoms with Crippen LogP contribution in [0, 0.1) is 5.92 Å². The second-order valence-corrected chi connectivity index (χ2v) is 6.87. The van der Waals surface area contributed by atoms with Gasteiger partial charge >= 0.3 is 0 Å². The number of nitrogens with two attached hydrogens (primary N) is 1. The summed E-state index contributed by atoms with van der Waals surface area (Å²) in [5, 5.41) is 0. The molecular weight excluding hydrogens is 308 g/mol. The molecule has 1 aliphatic heterocycles. The van der Waals surface area contributed by atoms with Gasteiger partial charge in [-0.2, -0.15) is 0 Å². The van der Waals surface area contributed by atoms with E-state index in [0.717, 1.165) is 21.9 Å². The van der Waals surface area contributed by atoms with Gasteiger partial charge in [0, 0.05) is 15.4 Å². The molecule has 0 amide bonds. The van der Waals surface area contributed by atoms with Gasteiger partial charge in [-0.05, 0) is 60.9 Å². The molecule has 0 bridgehead atoms. The lowest BCUT2D eigenvalue weighted by molar-refractivity contribution is 0.128. The molecule has 90 valence electrons. The van der Waals surface area contributed by atoms with Crippen molar-refractivity contribution in [2.45, 2.75) is 18.9 Å². The fourth-order valence-electron chi connectivity index (χ4n) is 2.47. The smallest absolute Gasteiger partial charge is 0.107 e. The standard InChI is InChI=1S/C11H16BrClN2S/c1-15-4-2-3-7(6-14)10(15)9-5-8(12)11(13)16-9/h5,7,10H,2-4,6,14H2,1H3. The molecule has 2 N–H and O–H groups in total. The van der Waals surface area contributed by atoms with Crippen LogP contribution in [0.5, 0.6) is 0 Å². The summed E-state index contributed by atoms with van der Waals surface area (Å²) in [6, 6.07) is 2.58. The van der Waals surface area contributed by atoms with Gasteiger partial charge < -0.3 is 5.73 Å². The van der Waals surface area contributed by atoms with Gasteiger partial charge in [0.05, 0.1) is 0 Å². The molecule has 0 radical (unpaired) electrons. The third kappa shape index (κ3) is 2.46. The molecule has 1 aromatic rings. The van der Waals surface area contributed by atoms with Gasteiger partial charge in [0.2, 0.25) is 0 Å². The van der Waals surface area contributed by atoms with Crippen LogP contribution < -0.4 is 5.73 Å². The fraction of sp³-hybridized carbons (Fsp3) is 0.636. The van der Waals surface area contributed by atoms with E-state index >= 15 is 0 Å². The minimum atomic E-state index is 0.438. The molecule has 0 saturated carbocycles. The van der Waals surface area contributed by atoms with E-state index in [4.69, 9.17) is 17.3 Å². The summed E-state index contributed by atoms with van der Waals surface area (Å²) in [5.74, 6) is 0.556. The van der Waals surface area contributed by atoms with Crippen molar-refractivity contribution in [2.75, 3.05) is 20.1 Å². The number of hydrogen-bond acceptors (Lipinski definition) is 3. The first-order chi connectivity index (χ1) is 7.63. The Morgan fingerprint density at radius 2 is 2.44 bits per heavy atom. The van der Waals surface area contributed by atoms with Crippen molar-refractivity contribution < 1.29 is 0 Å². The molecule has 1 fully saturated rings. The average molecular weight is 324 g/mol. The lowest BCUT2D eigenvalue weighted by atomic mass is 9.88. The predicted octanol–water partition coefficient (Wildman–Crippen LogP) is 3.51. The number of thiophene rings is 1. The van der Waals surface area contributed by atoms with Crippen LogP contribution in [0.1, 0.15) is 23.8 Å². The molecule has 1 aliphatic rings. The van der Waals surface area contributed by atoms with Crippen LogP contribution in [0.4, 0.5) is 0 Å². The maximum Gasteiger partial charge on any atom is 0.107 e. The number of hydrogen-bond donors (Lipinski definition) is 1. The van der Waals surface area contributed by atoms with E-state index in [1.165, 1.54) is 17.7 Å². The Bertz CT molecular complexity index is 349. The Kier molecular flexibility index (Phi) is 4.30. The first-order valence-corrected chi connectivity index (χ1v) is 7.47. The van der Waals surface area contributed by atoms with Gasteiger partial charge in [0.15, 0.2) is 0 Å². The summed E-state index contributed by atoms with van der Waals surface area (Å²) in [7, 11) is 2.17. The molecule has 5 heteroatoms. The first kappa shape index (κ1) is 12.8. The van der Waals surface area contributed by atoms with Crippen molar-refractivity contribution in [3.63, 3.8) is 0 Å². The molecule has 2 heterocycles. The first-order valence-electron chi connectivity index (χ1n) is 5.48. The van der Waals surface area contributed by atoms with Gasteiger partial charge in [-0.1, -0.05) is 11.6 Å². The van der Waals surface area contributed by atoms with E-state index in [1.807, 2.05) is 0 Å². The van der Waals surface area contributed by atoms with Crippen LogP contribution >= 0.6 is 38.9 Å². The Morgan fingerprint density at radius 1 is 1.69 bits per heavy atom. The minimum Gasteiger partial charge on any atom is -0.330 e. The monoisotopic (exact) mass is 322 g/mol. The Balaban J connectivity index is 2.27. The van der Waals surface area contributed by atoms with Gasteiger partial charge in [-0.15, -0.1) is 11.3 Å². The lowest BCUT2D eigenvalue weighted by Crippen LogP contribution is -2.38. The fourth-order valence-corrected chi connectivity index (χ4v) is 4.46. The quantitative estimate of drug-likeness (QED) is 0.902. The minimum absolute atomic E-state index is 0.438. The van der Waals surface area contributed by atoms with Gasteiger partial charge in [-0.25, -0.2) is 0 Å². The molecule has 0 aromatic carbocycles. The summed E-state index contributed by atoms with van der Waals surface area (Å²) in [5.41, 5.74) is 5.87. The Labute approximate surface area is 114 Å². The van der Waals surface area contributed by atoms with Crippen molar-refractivity contribution in [3.8, 4) is 0 Å². The van der Waals surface area contributed by atoms with Crippen LogP contribution in [0.15, 0.2) is 10.5 Å². The number of likely N-dealkylation sites (tertiary alicyclic amines) is 1. The maximum atomic E-state index is 6.11. The van der Waals surface area contributed by atoms with Crippen molar-refractivity contribution in [1.29, 1.82) is 0 Å². The second-order valence-electron chi connectivity index (χ2n) is 4.33. The summed E-state index contributed by atoms with van der Waals surface area (Å²) in [4.78, 5) is 3.73. The summed E-state index contributed by atoms with van der Waals surface area (Å²) in [6.45, 7) is 1.90. The number of nitrogens with zero attached hydrogens (tertiary/aromatic N) is 1. The normalized spacial score (nSPS) is 27.2. The van der Waals surface area contributed by atoms with Crippen molar-refractivity contribution in [1.82, 2.24) is 4.90 Å². The maximum absolute atomic E-state index is 6.11. The third-order valence-corrected chi connectivity index (χ3v) is 5.81. The third-order valence-electron chi connectivity index (χ3n) is 3.27. The van der Waals surface area contributed by atoms with Gasteiger partial charge in [0.25, 0.3) is 0 Å². The molecule has 2 unspecified atom stereocenters. The predicted molar refractivity (Wildman–Crippen MR) is 74.2 cm³/mol. The highest BCUT2D eigenvalue weighted by Crippen LogP contribution is 2.42. The van der Waals surface area contributed by atoms with Crippen LogP contribution in [0.3, 0.4) is 0 Å². The molecule has 2 nitrogen and oxygen atoms in total. The highest BCUT2D eigenvalue weighted by atomic mass is 79.9. The average Bonchev–Trinajstić information content (AvgIpc) is 2.58. The van der Waals surface area contributed by atoms with Crippen molar-refractivity contribution in [3.05, 3.63) is 19.8 Å². The zero-order valence-corrected chi connectivity index (χ0v) is 12.4.